The van der Waals surface area contributed by atoms with Gasteiger partial charge in [0.05, 0.1) is 28.9 Å². The molecule has 2 aliphatic rings. The number of thiophene rings is 4. The summed E-state index contributed by atoms with van der Waals surface area (Å²) in [5.74, 6) is -3.25. The fraction of sp³-hybridized carbons (Fsp3) is 0.183. The van der Waals surface area contributed by atoms with E-state index in [1.807, 2.05) is 29.8 Å². The largest absolute Gasteiger partial charge is 1.00 e. The third-order valence-corrected chi connectivity index (χ3v) is 21.9. The number of hydrogen-bond acceptors (Lipinski definition) is 10. The molecular weight excluding hydrogens is 1420 g/mol. The van der Waals surface area contributed by atoms with Crippen LogP contribution >= 0.6 is 61.3 Å². The molecule has 12 aromatic rings. The molecular formula is C82H72BrF4LiO7S5. The quantitative estimate of drug-likeness (QED) is 0.0452. The summed E-state index contributed by atoms with van der Waals surface area (Å²) < 4.78 is 109. The van der Waals surface area contributed by atoms with Crippen molar-refractivity contribution in [2.45, 2.75) is 91.9 Å². The Kier molecular flexibility index (Phi) is 24.8. The number of carbonyl (C=O) groups excluding carboxylic acids is 2. The molecule has 14 rings (SSSR count). The third kappa shape index (κ3) is 15.1. The zero-order chi connectivity index (χ0) is 71.3. The van der Waals surface area contributed by atoms with Gasteiger partial charge in [-0.05, 0) is 159 Å². The van der Waals surface area contributed by atoms with Crippen LogP contribution in [-0.4, -0.2) is 38.1 Å². The molecule has 0 radical (unpaired) electrons. The van der Waals surface area contributed by atoms with Gasteiger partial charge < -0.3 is 15.4 Å². The summed E-state index contributed by atoms with van der Waals surface area (Å²) in [7, 11) is -4.02. The van der Waals surface area contributed by atoms with Crippen molar-refractivity contribution in [1.29, 1.82) is 0 Å². The summed E-state index contributed by atoms with van der Waals surface area (Å²) in [5, 5.41) is 7.39. The fourth-order valence-corrected chi connectivity index (χ4v) is 16.7. The third-order valence-electron chi connectivity index (χ3n) is 16.9. The standard InChI is InChI=1S/C44H32F2S2.C20H16F2O4S2.C7H7Br.C7H8O3S.C4H9.Li/c1-25-5-13-29(14-6-25)43(30-15-7-26(2)8-16-30)33-21-23-47-41(33)35-37(43)39(45)36-38(40(35)46)44(34-22-24-48-42(34)36,31-17-9-27(3)10-18-31)32-19-11-28(4)12-20-32;1-3-25-19(23)15-13(11-7-5-9-27-11)18(22)16(20(24)26-4-2)14(17(15)21)12-8-6-10-28-12;1-6-2-4-7(8)5-3-6;1-6-2-4-7(5-3-6)11(8,9)10;1-4(2)3;/h5-24H,1-4H3;5-10H,3-4H2,1-2H3;2-5H,1H3;2-5H,1H3,(H,8,9,10);1-3H3;/q;;;;-1;+1. The molecule has 508 valence electrons. The molecule has 0 unspecified atom stereocenters. The van der Waals surface area contributed by atoms with Crippen LogP contribution in [-0.2, 0) is 30.4 Å². The van der Waals surface area contributed by atoms with Gasteiger partial charge in [0, 0.05) is 57.4 Å². The molecule has 8 aromatic carbocycles. The Hall–Kier alpha value is -7.79. The number of carbonyl (C=O) groups is 2. The van der Waals surface area contributed by atoms with Gasteiger partial charge in [-0.3, -0.25) is 4.55 Å². The zero-order valence-electron chi connectivity index (χ0n) is 57.4. The van der Waals surface area contributed by atoms with E-state index in [1.165, 1.54) is 46.3 Å². The number of esters is 2. The molecule has 4 aromatic heterocycles. The van der Waals surface area contributed by atoms with E-state index >= 15 is 17.6 Å². The Labute approximate surface area is 619 Å². The van der Waals surface area contributed by atoms with Crippen LogP contribution in [0.4, 0.5) is 17.6 Å². The van der Waals surface area contributed by atoms with Crippen LogP contribution in [0.1, 0.15) is 133 Å². The van der Waals surface area contributed by atoms with Crippen LogP contribution in [0.5, 0.6) is 0 Å². The number of halogens is 5. The van der Waals surface area contributed by atoms with Crippen LogP contribution in [0.25, 0.3) is 41.8 Å². The van der Waals surface area contributed by atoms with Gasteiger partial charge in [-0.1, -0.05) is 183 Å². The maximum absolute atomic E-state index is 18.4. The van der Waals surface area contributed by atoms with Crippen LogP contribution in [0.3, 0.4) is 0 Å². The zero-order valence-corrected chi connectivity index (χ0v) is 63.0. The monoisotopic (exact) mass is 1490 g/mol. The smallest absolute Gasteiger partial charge is 0.462 e. The fourth-order valence-electron chi connectivity index (χ4n) is 12.5. The first-order valence-corrected chi connectivity index (χ1v) is 37.6. The van der Waals surface area contributed by atoms with Crippen molar-refractivity contribution in [3.63, 3.8) is 0 Å². The number of benzene rings is 8. The Morgan fingerprint density at radius 2 is 0.730 bits per heavy atom. The topological polar surface area (TPSA) is 107 Å². The minimum absolute atomic E-state index is 0. The molecule has 0 spiro atoms. The van der Waals surface area contributed by atoms with Gasteiger partial charge in [0.25, 0.3) is 10.1 Å². The van der Waals surface area contributed by atoms with Gasteiger partial charge in [-0.2, -0.15) is 29.2 Å². The first kappa shape index (κ1) is 76.4. The second kappa shape index (κ2) is 32.5. The molecule has 0 fully saturated rings. The van der Waals surface area contributed by atoms with Crippen molar-refractivity contribution in [3.05, 3.63) is 326 Å². The van der Waals surface area contributed by atoms with Gasteiger partial charge >= 0.3 is 30.8 Å². The predicted octanol–water partition coefficient (Wildman–Crippen LogP) is 20.4. The molecule has 1 N–H and O–H groups in total. The molecule has 0 atom stereocenters. The van der Waals surface area contributed by atoms with Gasteiger partial charge in [0.2, 0.25) is 0 Å². The van der Waals surface area contributed by atoms with Crippen molar-refractivity contribution in [2.24, 2.45) is 0 Å². The Morgan fingerprint density at radius 3 is 0.990 bits per heavy atom. The average Bonchev–Trinajstić information content (AvgIpc) is 1.49. The van der Waals surface area contributed by atoms with Crippen molar-refractivity contribution < 1.29 is 68.5 Å². The van der Waals surface area contributed by atoms with Crippen LogP contribution < -0.4 is 18.9 Å². The van der Waals surface area contributed by atoms with Gasteiger partial charge in [0.1, 0.15) is 34.4 Å². The van der Waals surface area contributed by atoms with E-state index in [0.717, 1.165) is 98.1 Å². The van der Waals surface area contributed by atoms with Crippen LogP contribution in [0, 0.1) is 70.7 Å². The first-order valence-electron chi connectivity index (χ1n) is 31.8. The molecule has 100 heavy (non-hydrogen) atoms. The van der Waals surface area contributed by atoms with E-state index < -0.39 is 55.6 Å². The van der Waals surface area contributed by atoms with Gasteiger partial charge in [-0.25, -0.2) is 27.2 Å². The number of aryl methyl sites for hydroxylation is 6. The summed E-state index contributed by atoms with van der Waals surface area (Å²) in [6.07, 6.45) is 0. The summed E-state index contributed by atoms with van der Waals surface area (Å²) in [6, 6.07) is 58.1. The summed E-state index contributed by atoms with van der Waals surface area (Å²) in [4.78, 5) is 27.2. The second-order valence-electron chi connectivity index (χ2n) is 24.5. The van der Waals surface area contributed by atoms with E-state index in [0.29, 0.717) is 32.0 Å². The first-order chi connectivity index (χ1) is 47.3. The molecule has 0 bridgehead atoms. The van der Waals surface area contributed by atoms with E-state index in [1.54, 1.807) is 61.0 Å². The summed E-state index contributed by atoms with van der Waals surface area (Å²) in [5.41, 5.74) is 10.2. The van der Waals surface area contributed by atoms with Crippen molar-refractivity contribution in [1.82, 2.24) is 0 Å². The van der Waals surface area contributed by atoms with Gasteiger partial charge in [0.15, 0.2) is 0 Å². The average molecular weight is 1490 g/mol. The SMILES string of the molecule is CCOC(=O)c1c(F)c(-c2cccs2)c(C(=O)OCC)c(F)c1-c1cccs1.C[C-](C)C.Cc1ccc(Br)cc1.Cc1ccc(C2(c3ccc(C)cc3)c3ccsc3-c3c(F)c4c(c(F)c32)-c2sccc2C4(c2ccc(C)cc2)c2ccc(C)cc2)cc1.Cc1ccc(S(=O)(=O)O)cc1.[Li+]. The maximum Gasteiger partial charge on any atom is 1.00 e. The number of rotatable bonds is 11. The molecule has 7 nitrogen and oxygen atoms in total. The van der Waals surface area contributed by atoms with E-state index in [-0.39, 0.29) is 59.7 Å². The molecule has 0 saturated heterocycles. The Morgan fingerprint density at radius 1 is 0.440 bits per heavy atom. The molecule has 2 aliphatic carbocycles. The second-order valence-corrected chi connectivity index (χ2v) is 30.6. The summed E-state index contributed by atoms with van der Waals surface area (Å²) >= 11 is 8.59. The van der Waals surface area contributed by atoms with Crippen LogP contribution in [0.15, 0.2) is 213 Å². The molecule has 18 heteroatoms. The van der Waals surface area contributed by atoms with E-state index in [2.05, 4.69) is 193 Å². The number of hydrogen-bond donors (Lipinski definition) is 1. The normalized spacial score (nSPS) is 12.5. The van der Waals surface area contributed by atoms with Gasteiger partial charge in [-0.15, -0.1) is 45.3 Å². The molecule has 0 amide bonds. The Balaban J connectivity index is 0.000000187. The maximum atomic E-state index is 18.4. The van der Waals surface area contributed by atoms with Crippen LogP contribution in [0.2, 0.25) is 0 Å². The van der Waals surface area contributed by atoms with Crippen molar-refractivity contribution >= 4 is 83.3 Å². The summed E-state index contributed by atoms with van der Waals surface area (Å²) in [6.45, 7) is 21.5. The molecule has 0 aliphatic heterocycles. The molecule has 4 heterocycles. The van der Waals surface area contributed by atoms with E-state index in [9.17, 15) is 18.0 Å². The minimum atomic E-state index is -4.02. The molecule has 0 saturated carbocycles. The predicted molar refractivity (Wildman–Crippen MR) is 401 cm³/mol. The van der Waals surface area contributed by atoms with Crippen molar-refractivity contribution in [2.75, 3.05) is 13.2 Å². The minimum Gasteiger partial charge on any atom is -0.462 e. The van der Waals surface area contributed by atoms with Crippen molar-refractivity contribution in [3.8, 4) is 41.8 Å². The Bertz CT molecular complexity index is 4590. The number of ether oxygens (including phenoxy) is 2. The number of fused-ring (bicyclic) bond motifs is 6. The van der Waals surface area contributed by atoms with E-state index in [4.69, 9.17) is 14.0 Å².